The number of rotatable bonds is 11. The minimum Gasteiger partial charge on any atom is -0.490 e. The van der Waals surface area contributed by atoms with E-state index in [1.165, 1.54) is 0 Å². The summed E-state index contributed by atoms with van der Waals surface area (Å²) in [7, 11) is 0. The van der Waals surface area contributed by atoms with Gasteiger partial charge in [0.05, 0.1) is 12.6 Å². The maximum Gasteiger partial charge on any atom is 0.344 e. The summed E-state index contributed by atoms with van der Waals surface area (Å²) < 4.78 is 16.0. The van der Waals surface area contributed by atoms with Crippen molar-refractivity contribution in [2.45, 2.75) is 19.4 Å². The highest BCUT2D eigenvalue weighted by atomic mass is 16.6. The van der Waals surface area contributed by atoms with Crippen LogP contribution >= 0.6 is 0 Å². The SMILES string of the molecule is CCOc1ccccc1OCC(=O)OCC(=O)NC(Cc1ccccc1)c1ccccc1. The summed E-state index contributed by atoms with van der Waals surface area (Å²) in [6.45, 7) is 1.65. The minimum atomic E-state index is -0.634. The summed E-state index contributed by atoms with van der Waals surface area (Å²) >= 11 is 0. The Balaban J connectivity index is 1.52. The molecule has 0 fully saturated rings. The Labute approximate surface area is 188 Å². The van der Waals surface area contributed by atoms with E-state index in [2.05, 4.69) is 5.32 Å². The highest BCUT2D eigenvalue weighted by molar-refractivity contribution is 5.81. The maximum atomic E-state index is 12.5. The zero-order valence-corrected chi connectivity index (χ0v) is 18.0. The van der Waals surface area contributed by atoms with Gasteiger partial charge in [0.25, 0.3) is 5.91 Å². The average molecular weight is 434 g/mol. The molecule has 1 N–H and O–H groups in total. The summed E-state index contributed by atoms with van der Waals surface area (Å²) in [5.74, 6) is -0.0152. The molecular weight excluding hydrogens is 406 g/mol. The zero-order valence-electron chi connectivity index (χ0n) is 18.0. The predicted molar refractivity (Wildman–Crippen MR) is 122 cm³/mol. The quantitative estimate of drug-likeness (QED) is 0.461. The van der Waals surface area contributed by atoms with Crippen LogP contribution in [0.5, 0.6) is 11.5 Å². The van der Waals surface area contributed by atoms with Crippen LogP contribution in [-0.4, -0.2) is 31.7 Å². The summed E-state index contributed by atoms with van der Waals surface area (Å²) in [6.07, 6.45) is 0.627. The van der Waals surface area contributed by atoms with Crippen molar-refractivity contribution in [2.75, 3.05) is 19.8 Å². The van der Waals surface area contributed by atoms with Crippen molar-refractivity contribution in [2.24, 2.45) is 0 Å². The van der Waals surface area contributed by atoms with Crippen molar-refractivity contribution < 1.29 is 23.8 Å². The Morgan fingerprint density at radius 2 is 1.38 bits per heavy atom. The molecule has 0 radical (unpaired) electrons. The van der Waals surface area contributed by atoms with Crippen LogP contribution in [0.15, 0.2) is 84.9 Å². The number of nitrogens with one attached hydrogen (secondary N) is 1. The lowest BCUT2D eigenvalue weighted by atomic mass is 9.99. The molecule has 3 aromatic carbocycles. The number of amides is 1. The van der Waals surface area contributed by atoms with Crippen LogP contribution in [0.3, 0.4) is 0 Å². The normalized spacial score (nSPS) is 11.3. The molecule has 1 atom stereocenters. The second-order valence-corrected chi connectivity index (χ2v) is 7.05. The van der Waals surface area contributed by atoms with Gasteiger partial charge in [-0.2, -0.15) is 0 Å². The molecular formula is C26H27NO5. The number of esters is 1. The summed E-state index contributed by atoms with van der Waals surface area (Å²) in [4.78, 5) is 24.6. The van der Waals surface area contributed by atoms with Crippen molar-refractivity contribution in [1.82, 2.24) is 5.32 Å². The van der Waals surface area contributed by atoms with Crippen molar-refractivity contribution in [3.8, 4) is 11.5 Å². The van der Waals surface area contributed by atoms with Gasteiger partial charge in [0.15, 0.2) is 24.7 Å². The molecule has 0 aliphatic carbocycles. The number of hydrogen-bond acceptors (Lipinski definition) is 5. The number of para-hydroxylation sites is 2. The van der Waals surface area contributed by atoms with Gasteiger partial charge in [0, 0.05) is 0 Å². The van der Waals surface area contributed by atoms with Gasteiger partial charge >= 0.3 is 5.97 Å². The monoisotopic (exact) mass is 433 g/mol. The van der Waals surface area contributed by atoms with Gasteiger partial charge in [-0.3, -0.25) is 4.79 Å². The molecule has 0 heterocycles. The molecule has 3 aromatic rings. The standard InChI is InChI=1S/C26H27NO5/c1-2-30-23-15-9-10-16-24(23)31-19-26(29)32-18-25(28)27-22(21-13-7-4-8-14-21)17-20-11-5-3-6-12-20/h3-16,22H,2,17-19H2,1H3,(H,27,28). The zero-order chi connectivity index (χ0) is 22.6. The van der Waals surface area contributed by atoms with Gasteiger partial charge in [-0.25, -0.2) is 4.79 Å². The highest BCUT2D eigenvalue weighted by Gasteiger charge is 2.17. The molecule has 3 rings (SSSR count). The van der Waals surface area contributed by atoms with Gasteiger partial charge < -0.3 is 19.5 Å². The van der Waals surface area contributed by atoms with E-state index in [1.54, 1.807) is 18.2 Å². The molecule has 0 saturated carbocycles. The molecule has 1 unspecified atom stereocenters. The lowest BCUT2D eigenvalue weighted by Crippen LogP contribution is -2.34. The van der Waals surface area contributed by atoms with Crippen molar-refractivity contribution in [3.63, 3.8) is 0 Å². The van der Waals surface area contributed by atoms with E-state index in [-0.39, 0.29) is 25.2 Å². The van der Waals surface area contributed by atoms with Gasteiger partial charge in [-0.05, 0) is 36.6 Å². The van der Waals surface area contributed by atoms with Gasteiger partial charge in [0.2, 0.25) is 0 Å². The van der Waals surface area contributed by atoms with E-state index in [0.717, 1.165) is 11.1 Å². The van der Waals surface area contributed by atoms with Crippen LogP contribution in [0, 0.1) is 0 Å². The Kier molecular flexibility index (Phi) is 8.69. The first kappa shape index (κ1) is 22.9. The summed E-state index contributed by atoms with van der Waals surface area (Å²) in [5, 5.41) is 2.96. The Morgan fingerprint density at radius 1 is 0.781 bits per heavy atom. The number of hydrogen-bond donors (Lipinski definition) is 1. The third-order valence-corrected chi connectivity index (χ3v) is 4.68. The van der Waals surface area contributed by atoms with Crippen LogP contribution in [0.1, 0.15) is 24.1 Å². The Morgan fingerprint density at radius 3 is 2.03 bits per heavy atom. The first-order valence-corrected chi connectivity index (χ1v) is 10.5. The lowest BCUT2D eigenvalue weighted by molar-refractivity contribution is -0.150. The number of carbonyl (C=O) groups excluding carboxylic acids is 2. The molecule has 0 bridgehead atoms. The fraction of sp³-hybridized carbons (Fsp3) is 0.231. The molecule has 0 aliphatic heterocycles. The molecule has 166 valence electrons. The van der Waals surface area contributed by atoms with Gasteiger partial charge in [-0.1, -0.05) is 72.8 Å². The number of carbonyl (C=O) groups is 2. The van der Waals surface area contributed by atoms with Crippen molar-refractivity contribution in [3.05, 3.63) is 96.1 Å². The lowest BCUT2D eigenvalue weighted by Gasteiger charge is -2.19. The summed E-state index contributed by atoms with van der Waals surface area (Å²) in [6, 6.07) is 26.4. The molecule has 0 aromatic heterocycles. The van der Waals surface area contributed by atoms with Crippen LogP contribution in [0.4, 0.5) is 0 Å². The second-order valence-electron chi connectivity index (χ2n) is 7.05. The summed E-state index contributed by atoms with van der Waals surface area (Å²) in [5.41, 5.74) is 2.08. The minimum absolute atomic E-state index is 0.237. The Bertz CT molecular complexity index is 991. The molecule has 0 spiro atoms. The van der Waals surface area contributed by atoms with E-state index in [0.29, 0.717) is 24.5 Å². The first-order chi connectivity index (χ1) is 15.7. The van der Waals surface area contributed by atoms with E-state index in [4.69, 9.17) is 14.2 Å². The smallest absolute Gasteiger partial charge is 0.344 e. The van der Waals surface area contributed by atoms with E-state index in [1.807, 2.05) is 73.7 Å². The molecule has 6 nitrogen and oxygen atoms in total. The van der Waals surface area contributed by atoms with Gasteiger partial charge in [-0.15, -0.1) is 0 Å². The van der Waals surface area contributed by atoms with Crippen LogP contribution in [0.25, 0.3) is 0 Å². The topological polar surface area (TPSA) is 73.9 Å². The molecule has 0 saturated heterocycles. The van der Waals surface area contributed by atoms with Crippen molar-refractivity contribution >= 4 is 11.9 Å². The average Bonchev–Trinajstić information content (AvgIpc) is 2.83. The second kappa shape index (κ2) is 12.2. The van der Waals surface area contributed by atoms with E-state index < -0.39 is 5.97 Å². The predicted octanol–water partition coefficient (Wildman–Crippen LogP) is 4.11. The fourth-order valence-corrected chi connectivity index (χ4v) is 3.19. The number of ether oxygens (including phenoxy) is 3. The largest absolute Gasteiger partial charge is 0.490 e. The van der Waals surface area contributed by atoms with Crippen molar-refractivity contribution in [1.29, 1.82) is 0 Å². The van der Waals surface area contributed by atoms with Gasteiger partial charge in [0.1, 0.15) is 0 Å². The number of benzene rings is 3. The first-order valence-electron chi connectivity index (χ1n) is 10.5. The molecule has 32 heavy (non-hydrogen) atoms. The molecule has 1 amide bonds. The van der Waals surface area contributed by atoms with E-state index >= 15 is 0 Å². The molecule has 0 aliphatic rings. The highest BCUT2D eigenvalue weighted by Crippen LogP contribution is 2.26. The fourth-order valence-electron chi connectivity index (χ4n) is 3.19. The maximum absolute atomic E-state index is 12.5. The van der Waals surface area contributed by atoms with Crippen LogP contribution in [0.2, 0.25) is 0 Å². The van der Waals surface area contributed by atoms with E-state index in [9.17, 15) is 9.59 Å². The third kappa shape index (κ3) is 7.16. The Hall–Kier alpha value is -3.80. The van der Waals surface area contributed by atoms with Crippen LogP contribution in [-0.2, 0) is 20.7 Å². The van der Waals surface area contributed by atoms with Crippen LogP contribution < -0.4 is 14.8 Å². The third-order valence-electron chi connectivity index (χ3n) is 4.68. The molecule has 6 heteroatoms.